The maximum absolute atomic E-state index is 13.3. The van der Waals surface area contributed by atoms with Gasteiger partial charge in [-0.1, -0.05) is 12.5 Å². The van der Waals surface area contributed by atoms with Crippen molar-refractivity contribution >= 4 is 5.91 Å². The van der Waals surface area contributed by atoms with E-state index in [-0.39, 0.29) is 11.7 Å². The Bertz CT molecular complexity index is 951. The number of halogens is 1. The predicted octanol–water partition coefficient (Wildman–Crippen LogP) is 3.65. The maximum atomic E-state index is 13.3. The zero-order valence-corrected chi connectivity index (χ0v) is 15.7. The topological polar surface area (TPSA) is 59.8 Å². The molecule has 0 bridgehead atoms. The molecule has 0 saturated carbocycles. The van der Waals surface area contributed by atoms with Gasteiger partial charge in [0, 0.05) is 36.1 Å². The number of nitrogens with zero attached hydrogens (tertiary/aromatic N) is 3. The Labute approximate surface area is 163 Å². The van der Waals surface area contributed by atoms with E-state index >= 15 is 0 Å². The van der Waals surface area contributed by atoms with Crippen LogP contribution in [-0.2, 0) is 19.3 Å². The van der Waals surface area contributed by atoms with Gasteiger partial charge in [-0.15, -0.1) is 0 Å². The molecule has 1 aliphatic rings. The van der Waals surface area contributed by atoms with Crippen molar-refractivity contribution in [1.29, 1.82) is 0 Å². The third-order valence-electron chi connectivity index (χ3n) is 5.11. The molecule has 2 heterocycles. The SMILES string of the molecule is O=C(NCCc1ccccn1)c1nn(-c2ccc(F)cc2)c2c1CCCCC2. The van der Waals surface area contributed by atoms with Crippen molar-refractivity contribution in [2.45, 2.75) is 38.5 Å². The van der Waals surface area contributed by atoms with E-state index in [9.17, 15) is 9.18 Å². The number of pyridine rings is 1. The number of hydrogen-bond donors (Lipinski definition) is 1. The van der Waals surface area contributed by atoms with Crippen molar-refractivity contribution in [3.8, 4) is 5.69 Å². The first kappa shape index (κ1) is 18.3. The zero-order chi connectivity index (χ0) is 19.3. The minimum atomic E-state index is -0.283. The van der Waals surface area contributed by atoms with E-state index in [0.717, 1.165) is 54.7 Å². The van der Waals surface area contributed by atoms with E-state index in [1.54, 1.807) is 18.3 Å². The lowest BCUT2D eigenvalue weighted by Crippen LogP contribution is -2.27. The molecule has 4 rings (SSSR count). The second-order valence-electron chi connectivity index (χ2n) is 7.05. The van der Waals surface area contributed by atoms with Crippen LogP contribution in [0.4, 0.5) is 4.39 Å². The Hall–Kier alpha value is -3.02. The van der Waals surface area contributed by atoms with Gasteiger partial charge >= 0.3 is 0 Å². The molecule has 2 aromatic heterocycles. The number of fused-ring (bicyclic) bond motifs is 1. The molecular formula is C22H23FN4O. The summed E-state index contributed by atoms with van der Waals surface area (Å²) in [7, 11) is 0. The Balaban J connectivity index is 1.57. The summed E-state index contributed by atoms with van der Waals surface area (Å²) in [4.78, 5) is 17.1. The van der Waals surface area contributed by atoms with Crippen LogP contribution >= 0.6 is 0 Å². The predicted molar refractivity (Wildman–Crippen MR) is 105 cm³/mol. The average Bonchev–Trinajstić information content (AvgIpc) is 2.91. The molecule has 1 aliphatic carbocycles. The monoisotopic (exact) mass is 378 g/mol. The lowest BCUT2D eigenvalue weighted by molar-refractivity contribution is 0.0947. The number of hydrogen-bond acceptors (Lipinski definition) is 3. The molecule has 0 saturated heterocycles. The Morgan fingerprint density at radius 3 is 2.68 bits per heavy atom. The minimum absolute atomic E-state index is 0.157. The Morgan fingerprint density at radius 2 is 1.89 bits per heavy atom. The molecule has 0 fully saturated rings. The van der Waals surface area contributed by atoms with Gasteiger partial charge in [0.05, 0.1) is 5.69 Å². The molecule has 0 radical (unpaired) electrons. The van der Waals surface area contributed by atoms with Crippen LogP contribution in [-0.4, -0.2) is 27.2 Å². The zero-order valence-electron chi connectivity index (χ0n) is 15.7. The van der Waals surface area contributed by atoms with Crippen LogP contribution in [0, 0.1) is 5.82 Å². The van der Waals surface area contributed by atoms with Crippen LogP contribution in [0.3, 0.4) is 0 Å². The number of aromatic nitrogens is 3. The molecule has 6 heteroatoms. The summed E-state index contributed by atoms with van der Waals surface area (Å²) in [5, 5.41) is 7.60. The van der Waals surface area contributed by atoms with Crippen molar-refractivity contribution < 1.29 is 9.18 Å². The third-order valence-corrected chi connectivity index (χ3v) is 5.11. The van der Waals surface area contributed by atoms with E-state index in [2.05, 4.69) is 15.4 Å². The summed E-state index contributed by atoms with van der Waals surface area (Å²) in [6, 6.07) is 12.0. The number of amides is 1. The van der Waals surface area contributed by atoms with Crippen molar-refractivity contribution in [2.24, 2.45) is 0 Å². The molecular weight excluding hydrogens is 355 g/mol. The van der Waals surface area contributed by atoms with Gasteiger partial charge in [0.1, 0.15) is 5.82 Å². The first-order valence-corrected chi connectivity index (χ1v) is 9.77. The van der Waals surface area contributed by atoms with E-state index in [4.69, 9.17) is 0 Å². The highest BCUT2D eigenvalue weighted by Gasteiger charge is 2.24. The van der Waals surface area contributed by atoms with Gasteiger partial charge in [-0.2, -0.15) is 5.10 Å². The molecule has 1 N–H and O–H groups in total. The Morgan fingerprint density at radius 1 is 1.07 bits per heavy atom. The van der Waals surface area contributed by atoms with Crippen LogP contribution in [0.1, 0.15) is 46.7 Å². The normalized spacial score (nSPS) is 13.6. The number of carbonyl (C=O) groups is 1. The molecule has 1 aromatic carbocycles. The maximum Gasteiger partial charge on any atom is 0.272 e. The van der Waals surface area contributed by atoms with Gasteiger partial charge in [-0.05, 0) is 62.1 Å². The number of nitrogens with one attached hydrogen (secondary N) is 1. The number of benzene rings is 1. The summed E-state index contributed by atoms with van der Waals surface area (Å²) in [6.07, 6.45) is 7.41. The van der Waals surface area contributed by atoms with Crippen LogP contribution in [0.5, 0.6) is 0 Å². The molecule has 0 spiro atoms. The summed E-state index contributed by atoms with van der Waals surface area (Å²) < 4.78 is 15.1. The van der Waals surface area contributed by atoms with Crippen molar-refractivity contribution in [2.75, 3.05) is 6.54 Å². The first-order chi connectivity index (χ1) is 13.7. The smallest absolute Gasteiger partial charge is 0.272 e. The standard InChI is InChI=1S/C22H23FN4O/c23-16-9-11-18(12-10-16)27-20-8-3-1-2-7-19(20)21(26-27)22(28)25-15-13-17-6-4-5-14-24-17/h4-6,9-12,14H,1-3,7-8,13,15H2,(H,25,28). The molecule has 28 heavy (non-hydrogen) atoms. The molecule has 0 unspecified atom stereocenters. The van der Waals surface area contributed by atoms with Gasteiger partial charge in [-0.25, -0.2) is 9.07 Å². The van der Waals surface area contributed by atoms with Crippen LogP contribution in [0.15, 0.2) is 48.7 Å². The van der Waals surface area contributed by atoms with Crippen LogP contribution in [0.2, 0.25) is 0 Å². The van der Waals surface area contributed by atoms with E-state index in [0.29, 0.717) is 18.7 Å². The summed E-state index contributed by atoms with van der Waals surface area (Å²) in [6.45, 7) is 0.508. The summed E-state index contributed by atoms with van der Waals surface area (Å²) in [5.41, 5.74) is 4.31. The first-order valence-electron chi connectivity index (χ1n) is 9.77. The Kier molecular flexibility index (Phi) is 5.46. The van der Waals surface area contributed by atoms with Gasteiger partial charge in [0.25, 0.3) is 5.91 Å². The number of carbonyl (C=O) groups excluding carboxylic acids is 1. The van der Waals surface area contributed by atoms with E-state index < -0.39 is 0 Å². The molecule has 144 valence electrons. The fourth-order valence-electron chi connectivity index (χ4n) is 3.69. The minimum Gasteiger partial charge on any atom is -0.350 e. The highest BCUT2D eigenvalue weighted by atomic mass is 19.1. The molecule has 5 nitrogen and oxygen atoms in total. The second kappa shape index (κ2) is 8.33. The van der Waals surface area contributed by atoms with Crippen molar-refractivity contribution in [1.82, 2.24) is 20.1 Å². The van der Waals surface area contributed by atoms with E-state index in [1.807, 2.05) is 22.9 Å². The van der Waals surface area contributed by atoms with Crippen molar-refractivity contribution in [3.05, 3.63) is 77.1 Å². The lowest BCUT2D eigenvalue weighted by atomic mass is 10.1. The number of rotatable bonds is 5. The molecule has 0 atom stereocenters. The molecule has 0 aliphatic heterocycles. The summed E-state index contributed by atoms with van der Waals surface area (Å²) in [5.74, 6) is -0.440. The summed E-state index contributed by atoms with van der Waals surface area (Å²) >= 11 is 0. The second-order valence-corrected chi connectivity index (χ2v) is 7.05. The average molecular weight is 378 g/mol. The largest absolute Gasteiger partial charge is 0.350 e. The fourth-order valence-corrected chi connectivity index (χ4v) is 3.69. The lowest BCUT2D eigenvalue weighted by Gasteiger charge is -2.07. The van der Waals surface area contributed by atoms with Crippen molar-refractivity contribution in [3.63, 3.8) is 0 Å². The van der Waals surface area contributed by atoms with Gasteiger partial charge in [0.15, 0.2) is 5.69 Å². The highest BCUT2D eigenvalue weighted by molar-refractivity contribution is 5.94. The van der Waals surface area contributed by atoms with Crippen LogP contribution in [0.25, 0.3) is 5.69 Å². The highest BCUT2D eigenvalue weighted by Crippen LogP contribution is 2.26. The van der Waals surface area contributed by atoms with Gasteiger partial charge in [0.2, 0.25) is 0 Å². The third kappa shape index (κ3) is 3.96. The molecule has 3 aromatic rings. The van der Waals surface area contributed by atoms with Gasteiger partial charge < -0.3 is 5.32 Å². The van der Waals surface area contributed by atoms with Crippen LogP contribution < -0.4 is 5.32 Å². The quantitative estimate of drug-likeness (QED) is 0.690. The molecule has 1 amide bonds. The van der Waals surface area contributed by atoms with E-state index in [1.165, 1.54) is 12.1 Å². The fraction of sp³-hybridized carbons (Fsp3) is 0.318. The van der Waals surface area contributed by atoms with Gasteiger partial charge in [-0.3, -0.25) is 9.78 Å².